The van der Waals surface area contributed by atoms with Gasteiger partial charge in [-0.25, -0.2) is 4.68 Å². The highest BCUT2D eigenvalue weighted by Crippen LogP contribution is 2.24. The molecule has 0 spiro atoms. The lowest BCUT2D eigenvalue weighted by atomic mass is 10.0. The first-order chi connectivity index (χ1) is 9.06. The first kappa shape index (κ1) is 13.5. The van der Waals surface area contributed by atoms with E-state index >= 15 is 0 Å². The fourth-order valence-corrected chi connectivity index (χ4v) is 2.08. The van der Waals surface area contributed by atoms with E-state index in [1.165, 1.54) is 7.05 Å². The maximum Gasteiger partial charge on any atom is 0.290 e. The maximum absolute atomic E-state index is 12.0. The third kappa shape index (κ3) is 2.44. The monoisotopic (exact) mass is 321 g/mol. The molecule has 0 atom stereocenters. The van der Waals surface area contributed by atoms with Crippen molar-refractivity contribution in [1.29, 1.82) is 0 Å². The van der Waals surface area contributed by atoms with Gasteiger partial charge in [0.25, 0.3) is 5.56 Å². The van der Waals surface area contributed by atoms with E-state index in [2.05, 4.69) is 21.0 Å². The Kier molecular flexibility index (Phi) is 3.80. The van der Waals surface area contributed by atoms with E-state index < -0.39 is 5.56 Å². The molecule has 1 aromatic carbocycles. The number of hydrogen-bond donors (Lipinski definition) is 1. The predicted molar refractivity (Wildman–Crippen MR) is 77.5 cm³/mol. The van der Waals surface area contributed by atoms with Crippen LogP contribution in [0.15, 0.2) is 35.1 Å². The second-order valence-corrected chi connectivity index (χ2v) is 4.55. The Morgan fingerprint density at radius 1 is 1.37 bits per heavy atom. The molecule has 0 radical (unpaired) electrons. The number of alkyl halides is 1. The Hall–Kier alpha value is -1.95. The van der Waals surface area contributed by atoms with Crippen LogP contribution in [0.3, 0.4) is 0 Å². The van der Waals surface area contributed by atoms with E-state index in [4.69, 9.17) is 5.73 Å². The van der Waals surface area contributed by atoms with Crippen LogP contribution < -0.4 is 11.3 Å². The number of hydrogen-bond acceptors (Lipinski definition) is 4. The summed E-state index contributed by atoms with van der Waals surface area (Å²) in [6.45, 7) is 0. The van der Waals surface area contributed by atoms with Crippen LogP contribution in [0.1, 0.15) is 10.4 Å². The number of carbonyl (C=O) groups is 1. The van der Waals surface area contributed by atoms with Crippen molar-refractivity contribution in [3.63, 3.8) is 0 Å². The summed E-state index contributed by atoms with van der Waals surface area (Å²) < 4.78 is 1.14. The van der Waals surface area contributed by atoms with E-state index in [9.17, 15) is 9.59 Å². The van der Waals surface area contributed by atoms with E-state index in [1.54, 1.807) is 0 Å². The molecule has 0 aliphatic rings. The molecule has 6 heteroatoms. The second kappa shape index (κ2) is 5.36. The number of aryl methyl sites for hydroxylation is 1. The highest BCUT2D eigenvalue weighted by Gasteiger charge is 2.20. The van der Waals surface area contributed by atoms with Crippen molar-refractivity contribution in [2.45, 2.75) is 0 Å². The first-order valence-corrected chi connectivity index (χ1v) is 6.69. The Morgan fingerprint density at radius 2 is 2.00 bits per heavy atom. The van der Waals surface area contributed by atoms with Gasteiger partial charge in [0.1, 0.15) is 11.4 Å². The molecule has 0 unspecified atom stereocenters. The van der Waals surface area contributed by atoms with Crippen molar-refractivity contribution in [2.75, 3.05) is 11.1 Å². The smallest absolute Gasteiger partial charge is 0.290 e. The average molecular weight is 322 g/mol. The highest BCUT2D eigenvalue weighted by atomic mass is 79.9. The molecule has 1 heterocycles. The van der Waals surface area contributed by atoms with Crippen LogP contribution in [-0.2, 0) is 7.05 Å². The number of nitrogens with two attached hydrogens (primary N) is 1. The zero-order valence-corrected chi connectivity index (χ0v) is 11.8. The minimum Gasteiger partial charge on any atom is -0.394 e. The normalized spacial score (nSPS) is 10.4. The lowest BCUT2D eigenvalue weighted by molar-refractivity contribution is 0.102. The summed E-state index contributed by atoms with van der Waals surface area (Å²) in [5.41, 5.74) is 6.58. The van der Waals surface area contributed by atoms with E-state index in [0.717, 1.165) is 10.2 Å². The standard InChI is InChI=1S/C13H12BrN3O2/c1-17-13(19)11(15)10(9(18)7-14)12(16-17)8-5-3-2-4-6-8/h2-6H,7,15H2,1H3. The van der Waals surface area contributed by atoms with Gasteiger partial charge in [-0.15, -0.1) is 0 Å². The summed E-state index contributed by atoms with van der Waals surface area (Å²) in [6, 6.07) is 9.16. The molecule has 5 nitrogen and oxygen atoms in total. The fourth-order valence-electron chi connectivity index (χ4n) is 1.80. The van der Waals surface area contributed by atoms with Crippen LogP contribution in [0.25, 0.3) is 11.3 Å². The summed E-state index contributed by atoms with van der Waals surface area (Å²) in [6.07, 6.45) is 0. The molecule has 0 aliphatic carbocycles. The minimum absolute atomic E-state index is 0.0687. The number of Topliss-reactive ketones (excluding diaryl/α,β-unsaturated/α-hetero) is 1. The lowest BCUT2D eigenvalue weighted by Gasteiger charge is -2.11. The molecular weight excluding hydrogens is 310 g/mol. The van der Waals surface area contributed by atoms with E-state index in [-0.39, 0.29) is 22.4 Å². The second-order valence-electron chi connectivity index (χ2n) is 3.99. The largest absolute Gasteiger partial charge is 0.394 e. The number of aromatic nitrogens is 2. The van der Waals surface area contributed by atoms with Gasteiger partial charge in [0.2, 0.25) is 0 Å². The SMILES string of the molecule is Cn1nc(-c2ccccc2)c(C(=O)CBr)c(N)c1=O. The van der Waals surface area contributed by atoms with Gasteiger partial charge in [-0.3, -0.25) is 9.59 Å². The molecule has 1 aromatic heterocycles. The molecular formula is C13H12BrN3O2. The van der Waals surface area contributed by atoms with Gasteiger partial charge in [0.15, 0.2) is 5.78 Å². The number of nitrogens with zero attached hydrogens (tertiary/aromatic N) is 2. The third-order valence-electron chi connectivity index (χ3n) is 2.73. The first-order valence-electron chi connectivity index (χ1n) is 5.57. The molecule has 0 fully saturated rings. The van der Waals surface area contributed by atoms with Crippen molar-refractivity contribution in [3.05, 3.63) is 46.2 Å². The number of carbonyl (C=O) groups excluding carboxylic acids is 1. The van der Waals surface area contributed by atoms with Gasteiger partial charge in [-0.2, -0.15) is 5.10 Å². The lowest BCUT2D eigenvalue weighted by Crippen LogP contribution is -2.27. The Bertz CT molecular complexity index is 680. The molecule has 2 N–H and O–H groups in total. The van der Waals surface area contributed by atoms with Crippen LogP contribution >= 0.6 is 15.9 Å². The number of benzene rings is 1. The summed E-state index contributed by atoms with van der Waals surface area (Å²) in [7, 11) is 1.51. The van der Waals surface area contributed by atoms with Gasteiger partial charge in [-0.1, -0.05) is 46.3 Å². The van der Waals surface area contributed by atoms with Crippen molar-refractivity contribution < 1.29 is 4.79 Å². The summed E-state index contributed by atoms with van der Waals surface area (Å²) in [4.78, 5) is 23.8. The van der Waals surface area contributed by atoms with E-state index in [1.807, 2.05) is 30.3 Å². The quantitative estimate of drug-likeness (QED) is 0.688. The number of anilines is 1. The Balaban J connectivity index is 2.80. The summed E-state index contributed by atoms with van der Waals surface area (Å²) >= 11 is 3.09. The molecule has 0 aliphatic heterocycles. The Labute approximate surface area is 118 Å². The topological polar surface area (TPSA) is 78.0 Å². The van der Waals surface area contributed by atoms with Crippen molar-refractivity contribution >= 4 is 27.4 Å². The average Bonchev–Trinajstić information content (AvgIpc) is 2.44. The van der Waals surface area contributed by atoms with Gasteiger partial charge >= 0.3 is 0 Å². The molecule has 0 amide bonds. The van der Waals surface area contributed by atoms with Gasteiger partial charge in [0, 0.05) is 12.6 Å². The van der Waals surface area contributed by atoms with Gasteiger partial charge < -0.3 is 5.73 Å². The zero-order valence-electron chi connectivity index (χ0n) is 10.3. The zero-order chi connectivity index (χ0) is 14.0. The number of ketones is 1. The summed E-state index contributed by atoms with van der Waals surface area (Å²) in [5, 5.41) is 4.24. The van der Waals surface area contributed by atoms with Crippen LogP contribution in [-0.4, -0.2) is 20.9 Å². The van der Waals surface area contributed by atoms with Crippen LogP contribution in [0.5, 0.6) is 0 Å². The fraction of sp³-hybridized carbons (Fsp3) is 0.154. The Morgan fingerprint density at radius 3 is 2.58 bits per heavy atom. The molecule has 98 valence electrons. The third-order valence-corrected chi connectivity index (χ3v) is 3.24. The number of halogens is 1. The predicted octanol–water partition coefficient (Wildman–Crippen LogP) is 1.61. The molecule has 2 rings (SSSR count). The van der Waals surface area contributed by atoms with Gasteiger partial charge in [0.05, 0.1) is 10.9 Å². The number of rotatable bonds is 3. The van der Waals surface area contributed by atoms with E-state index in [0.29, 0.717) is 5.69 Å². The molecule has 0 saturated carbocycles. The minimum atomic E-state index is -0.469. The number of nitrogen functional groups attached to an aromatic ring is 1. The van der Waals surface area contributed by atoms with Crippen LogP contribution in [0, 0.1) is 0 Å². The van der Waals surface area contributed by atoms with Crippen molar-refractivity contribution in [2.24, 2.45) is 7.05 Å². The molecule has 0 bridgehead atoms. The molecule has 0 saturated heterocycles. The molecule has 19 heavy (non-hydrogen) atoms. The van der Waals surface area contributed by atoms with Crippen LogP contribution in [0.4, 0.5) is 5.69 Å². The maximum atomic E-state index is 12.0. The van der Waals surface area contributed by atoms with Crippen molar-refractivity contribution in [3.8, 4) is 11.3 Å². The molecule has 2 aromatic rings. The van der Waals surface area contributed by atoms with Gasteiger partial charge in [-0.05, 0) is 0 Å². The van der Waals surface area contributed by atoms with Crippen molar-refractivity contribution in [1.82, 2.24) is 9.78 Å². The van der Waals surface area contributed by atoms with Crippen LogP contribution in [0.2, 0.25) is 0 Å². The highest BCUT2D eigenvalue weighted by molar-refractivity contribution is 9.09. The summed E-state index contributed by atoms with van der Waals surface area (Å²) in [5.74, 6) is -0.262.